The number of carboxylic acid groups (broad SMARTS) is 1. The van der Waals surface area contributed by atoms with Gasteiger partial charge in [0.05, 0.1) is 6.20 Å². The minimum atomic E-state index is -1.62. The summed E-state index contributed by atoms with van der Waals surface area (Å²) in [5.41, 5.74) is -1.64. The average Bonchev–Trinajstić information content (AvgIpc) is 2.28. The van der Waals surface area contributed by atoms with Crippen molar-refractivity contribution in [3.05, 3.63) is 17.7 Å². The van der Waals surface area contributed by atoms with Crippen molar-refractivity contribution in [2.24, 2.45) is 7.05 Å². The van der Waals surface area contributed by atoms with Gasteiger partial charge in [0.25, 0.3) is 0 Å². The van der Waals surface area contributed by atoms with Crippen molar-refractivity contribution in [2.45, 2.75) is 19.5 Å². The van der Waals surface area contributed by atoms with Crippen LogP contribution in [0.25, 0.3) is 0 Å². The molecule has 0 fully saturated rings. The number of nitrogens with zero attached hydrogens (tertiary/aromatic N) is 2. The molecule has 0 amide bonds. The van der Waals surface area contributed by atoms with Gasteiger partial charge in [0, 0.05) is 7.05 Å². The Morgan fingerprint density at radius 2 is 2.23 bits per heavy atom. The number of aromatic carboxylic acids is 1. The standard InChI is InChI=1S/C8H11FN2O2/c1-8(2,9)7-10-4-5(6(12)13)11(7)3/h4H,1-3H3,(H,12,13). The molecule has 0 aliphatic heterocycles. The van der Waals surface area contributed by atoms with Gasteiger partial charge in [0.1, 0.15) is 11.5 Å². The molecular formula is C8H11FN2O2. The van der Waals surface area contributed by atoms with E-state index in [0.29, 0.717) is 0 Å². The molecule has 1 aromatic rings. The molecule has 72 valence electrons. The minimum Gasteiger partial charge on any atom is -0.477 e. The van der Waals surface area contributed by atoms with Gasteiger partial charge in [-0.25, -0.2) is 14.2 Å². The normalized spacial score (nSPS) is 11.7. The van der Waals surface area contributed by atoms with Gasteiger partial charge in [-0.15, -0.1) is 0 Å². The number of rotatable bonds is 2. The van der Waals surface area contributed by atoms with Crippen LogP contribution in [-0.4, -0.2) is 20.6 Å². The zero-order valence-electron chi connectivity index (χ0n) is 7.71. The predicted octanol–water partition coefficient (Wildman–Crippen LogP) is 1.32. The smallest absolute Gasteiger partial charge is 0.354 e. The van der Waals surface area contributed by atoms with E-state index in [-0.39, 0.29) is 11.5 Å². The van der Waals surface area contributed by atoms with Crippen LogP contribution in [0.15, 0.2) is 6.20 Å². The molecule has 0 saturated heterocycles. The summed E-state index contributed by atoms with van der Waals surface area (Å²) in [6.07, 6.45) is 1.15. The van der Waals surface area contributed by atoms with Crippen LogP contribution in [0.3, 0.4) is 0 Å². The highest BCUT2D eigenvalue weighted by atomic mass is 19.1. The third kappa shape index (κ3) is 1.68. The maximum atomic E-state index is 13.4. The van der Waals surface area contributed by atoms with Crippen molar-refractivity contribution in [3.8, 4) is 0 Å². The summed E-state index contributed by atoms with van der Waals surface area (Å²) < 4.78 is 14.6. The molecule has 0 saturated carbocycles. The molecular weight excluding hydrogens is 175 g/mol. The quantitative estimate of drug-likeness (QED) is 0.757. The third-order valence-corrected chi connectivity index (χ3v) is 1.74. The first-order chi connectivity index (χ1) is 5.84. The van der Waals surface area contributed by atoms with E-state index in [2.05, 4.69) is 4.98 Å². The van der Waals surface area contributed by atoms with Crippen LogP contribution in [-0.2, 0) is 12.7 Å². The summed E-state index contributed by atoms with van der Waals surface area (Å²) in [6, 6.07) is 0. The van der Waals surface area contributed by atoms with Crippen LogP contribution in [0.2, 0.25) is 0 Å². The second kappa shape index (κ2) is 2.83. The molecule has 0 aliphatic carbocycles. The summed E-state index contributed by atoms with van der Waals surface area (Å²) in [6.45, 7) is 2.67. The Hall–Kier alpha value is -1.39. The van der Waals surface area contributed by atoms with E-state index in [4.69, 9.17) is 5.11 Å². The number of imidazole rings is 1. The second-order valence-electron chi connectivity index (χ2n) is 3.30. The Balaban J connectivity index is 3.22. The number of carbonyl (C=O) groups is 1. The van der Waals surface area contributed by atoms with Crippen molar-refractivity contribution >= 4 is 5.97 Å². The fourth-order valence-corrected chi connectivity index (χ4v) is 1.16. The van der Waals surface area contributed by atoms with Gasteiger partial charge in [-0.2, -0.15) is 0 Å². The molecule has 0 spiro atoms. The number of aromatic nitrogens is 2. The Morgan fingerprint density at radius 1 is 1.69 bits per heavy atom. The van der Waals surface area contributed by atoms with E-state index >= 15 is 0 Å². The number of hydrogen-bond donors (Lipinski definition) is 1. The summed E-state index contributed by atoms with van der Waals surface area (Å²) >= 11 is 0. The zero-order chi connectivity index (χ0) is 10.2. The monoisotopic (exact) mass is 186 g/mol. The SMILES string of the molecule is Cn1c(C(=O)O)cnc1C(C)(C)F. The van der Waals surface area contributed by atoms with Gasteiger partial charge in [0.15, 0.2) is 5.67 Å². The number of alkyl halides is 1. The van der Waals surface area contributed by atoms with E-state index in [1.165, 1.54) is 25.5 Å². The molecule has 1 heterocycles. The van der Waals surface area contributed by atoms with Gasteiger partial charge < -0.3 is 9.67 Å². The lowest BCUT2D eigenvalue weighted by Crippen LogP contribution is -2.17. The average molecular weight is 186 g/mol. The first-order valence-corrected chi connectivity index (χ1v) is 3.78. The maximum absolute atomic E-state index is 13.4. The Morgan fingerprint density at radius 3 is 2.46 bits per heavy atom. The zero-order valence-corrected chi connectivity index (χ0v) is 7.71. The summed E-state index contributed by atoms with van der Waals surface area (Å²) in [5.74, 6) is -0.990. The van der Waals surface area contributed by atoms with E-state index in [1.54, 1.807) is 0 Å². The van der Waals surface area contributed by atoms with Crippen LogP contribution in [0, 0.1) is 0 Å². The van der Waals surface area contributed by atoms with Gasteiger partial charge in [-0.3, -0.25) is 0 Å². The van der Waals surface area contributed by atoms with Crippen LogP contribution in [0.4, 0.5) is 4.39 Å². The van der Waals surface area contributed by atoms with Crippen molar-refractivity contribution in [1.82, 2.24) is 9.55 Å². The summed E-state index contributed by atoms with van der Waals surface area (Å²) in [7, 11) is 1.48. The fourth-order valence-electron chi connectivity index (χ4n) is 1.16. The van der Waals surface area contributed by atoms with Crippen molar-refractivity contribution < 1.29 is 14.3 Å². The molecule has 5 heteroatoms. The molecule has 1 N–H and O–H groups in total. The van der Waals surface area contributed by atoms with Crippen LogP contribution >= 0.6 is 0 Å². The molecule has 4 nitrogen and oxygen atoms in total. The van der Waals surface area contributed by atoms with E-state index in [0.717, 1.165) is 6.20 Å². The van der Waals surface area contributed by atoms with E-state index in [9.17, 15) is 9.18 Å². The van der Waals surface area contributed by atoms with Crippen molar-refractivity contribution in [1.29, 1.82) is 0 Å². The molecule has 0 atom stereocenters. The Kier molecular flexibility index (Phi) is 2.11. The summed E-state index contributed by atoms with van der Waals surface area (Å²) in [5, 5.41) is 8.66. The lowest BCUT2D eigenvalue weighted by Gasteiger charge is -2.13. The lowest BCUT2D eigenvalue weighted by atomic mass is 10.1. The summed E-state index contributed by atoms with van der Waals surface area (Å²) in [4.78, 5) is 14.3. The lowest BCUT2D eigenvalue weighted by molar-refractivity contribution is 0.0685. The van der Waals surface area contributed by atoms with Gasteiger partial charge in [-0.1, -0.05) is 0 Å². The van der Waals surface area contributed by atoms with Crippen molar-refractivity contribution in [3.63, 3.8) is 0 Å². The highest BCUT2D eigenvalue weighted by Crippen LogP contribution is 2.23. The van der Waals surface area contributed by atoms with Gasteiger partial charge in [-0.05, 0) is 13.8 Å². The van der Waals surface area contributed by atoms with Gasteiger partial charge in [0.2, 0.25) is 0 Å². The number of carboxylic acids is 1. The third-order valence-electron chi connectivity index (χ3n) is 1.74. The largest absolute Gasteiger partial charge is 0.477 e. The van der Waals surface area contributed by atoms with Crippen LogP contribution in [0.1, 0.15) is 30.2 Å². The Labute approximate surface area is 75.0 Å². The van der Waals surface area contributed by atoms with E-state index in [1.807, 2.05) is 0 Å². The van der Waals surface area contributed by atoms with Crippen LogP contribution in [0.5, 0.6) is 0 Å². The molecule has 1 aromatic heterocycles. The number of halogens is 1. The maximum Gasteiger partial charge on any atom is 0.354 e. The second-order valence-corrected chi connectivity index (χ2v) is 3.30. The topological polar surface area (TPSA) is 55.1 Å². The van der Waals surface area contributed by atoms with Crippen molar-refractivity contribution in [2.75, 3.05) is 0 Å². The first kappa shape index (κ1) is 9.70. The fraction of sp³-hybridized carbons (Fsp3) is 0.500. The number of hydrogen-bond acceptors (Lipinski definition) is 2. The predicted molar refractivity (Wildman–Crippen MR) is 44.3 cm³/mol. The van der Waals surface area contributed by atoms with E-state index < -0.39 is 11.6 Å². The van der Waals surface area contributed by atoms with Gasteiger partial charge >= 0.3 is 5.97 Å². The molecule has 0 unspecified atom stereocenters. The molecule has 0 radical (unpaired) electrons. The molecule has 1 rings (SSSR count). The highest BCUT2D eigenvalue weighted by molar-refractivity contribution is 5.85. The first-order valence-electron chi connectivity index (χ1n) is 3.78. The highest BCUT2D eigenvalue weighted by Gasteiger charge is 2.26. The molecule has 13 heavy (non-hydrogen) atoms. The van der Waals surface area contributed by atoms with Crippen LogP contribution < -0.4 is 0 Å². The minimum absolute atomic E-state index is 0.0132. The molecule has 0 bridgehead atoms. The molecule has 0 aromatic carbocycles. The molecule has 0 aliphatic rings. The Bertz CT molecular complexity index is 338.